The van der Waals surface area contributed by atoms with Crippen LogP contribution < -0.4 is 5.32 Å². The third-order valence-corrected chi connectivity index (χ3v) is 5.23. The van der Waals surface area contributed by atoms with Crippen LogP contribution in [-0.2, 0) is 15.9 Å². The number of nitrogens with one attached hydrogen (secondary N) is 1. The van der Waals surface area contributed by atoms with Crippen LogP contribution in [0, 0.1) is 5.92 Å². The van der Waals surface area contributed by atoms with Crippen molar-refractivity contribution in [2.75, 3.05) is 53.6 Å². The van der Waals surface area contributed by atoms with Crippen LogP contribution in [0.4, 0.5) is 0 Å². The van der Waals surface area contributed by atoms with Gasteiger partial charge < -0.3 is 19.7 Å². The van der Waals surface area contributed by atoms with E-state index >= 15 is 0 Å². The van der Waals surface area contributed by atoms with Gasteiger partial charge in [-0.05, 0) is 43.0 Å². The molecule has 2 heterocycles. The third-order valence-electron chi connectivity index (χ3n) is 4.29. The highest BCUT2D eigenvalue weighted by molar-refractivity contribution is 14.0. The highest BCUT2D eigenvalue weighted by atomic mass is 127. The zero-order valence-corrected chi connectivity index (χ0v) is 18.6. The van der Waals surface area contributed by atoms with Gasteiger partial charge in [-0.25, -0.2) is 0 Å². The average Bonchev–Trinajstić information content (AvgIpc) is 3.13. The molecule has 1 fully saturated rings. The number of likely N-dealkylation sites (N-methyl/N-ethyl adjacent to an activating group) is 1. The van der Waals surface area contributed by atoms with Gasteiger partial charge >= 0.3 is 0 Å². The van der Waals surface area contributed by atoms with Crippen LogP contribution in [0.3, 0.4) is 0 Å². The molecule has 0 spiro atoms. The third kappa shape index (κ3) is 9.21. The maximum absolute atomic E-state index is 5.80. The largest absolute Gasteiger partial charge is 0.381 e. The molecule has 2 rings (SSSR count). The SMILES string of the molecule is CN=C(NCCCOCC1CCOCC1)N(C)CCc1cccs1.I. The van der Waals surface area contributed by atoms with Gasteiger partial charge in [0.15, 0.2) is 5.96 Å². The average molecular weight is 481 g/mol. The molecule has 7 heteroatoms. The minimum absolute atomic E-state index is 0. The highest BCUT2D eigenvalue weighted by Crippen LogP contribution is 2.14. The Morgan fingerprint density at radius 1 is 1.44 bits per heavy atom. The minimum Gasteiger partial charge on any atom is -0.381 e. The summed E-state index contributed by atoms with van der Waals surface area (Å²) in [5, 5.41) is 5.54. The number of hydrogen-bond acceptors (Lipinski definition) is 4. The van der Waals surface area contributed by atoms with Crippen LogP contribution in [-0.4, -0.2) is 64.5 Å². The fraction of sp³-hybridized carbons (Fsp3) is 0.722. The van der Waals surface area contributed by atoms with Crippen LogP contribution in [0.25, 0.3) is 0 Å². The lowest BCUT2D eigenvalue weighted by molar-refractivity contribution is 0.0203. The first-order valence-electron chi connectivity index (χ1n) is 8.89. The second kappa shape index (κ2) is 13.8. The van der Waals surface area contributed by atoms with Gasteiger partial charge in [0, 0.05) is 58.5 Å². The first-order chi connectivity index (χ1) is 11.8. The van der Waals surface area contributed by atoms with Gasteiger partial charge in [0.05, 0.1) is 0 Å². The summed E-state index contributed by atoms with van der Waals surface area (Å²) in [6, 6.07) is 4.29. The van der Waals surface area contributed by atoms with E-state index in [-0.39, 0.29) is 24.0 Å². The zero-order chi connectivity index (χ0) is 17.0. The van der Waals surface area contributed by atoms with Crippen molar-refractivity contribution in [2.45, 2.75) is 25.7 Å². The Labute approximate surface area is 173 Å². The molecule has 0 unspecified atom stereocenters. The van der Waals surface area contributed by atoms with Gasteiger partial charge in [0.2, 0.25) is 0 Å². The van der Waals surface area contributed by atoms with Gasteiger partial charge in [0.1, 0.15) is 0 Å². The van der Waals surface area contributed by atoms with E-state index < -0.39 is 0 Å². The number of nitrogens with zero attached hydrogens (tertiary/aromatic N) is 2. The van der Waals surface area contributed by atoms with E-state index in [1.54, 1.807) is 0 Å². The molecular weight excluding hydrogens is 449 g/mol. The van der Waals surface area contributed by atoms with Crippen LogP contribution >= 0.6 is 35.3 Å². The standard InChI is InChI=1S/C18H31N3O2S.HI/c1-19-18(21(2)10-6-17-5-3-14-24-17)20-9-4-11-23-15-16-7-12-22-13-8-16;/h3,5,14,16H,4,6-13,15H2,1-2H3,(H,19,20);1H. The van der Waals surface area contributed by atoms with Crippen molar-refractivity contribution in [3.63, 3.8) is 0 Å². The molecule has 0 radical (unpaired) electrons. The molecule has 1 aromatic rings. The van der Waals surface area contributed by atoms with Crippen molar-refractivity contribution >= 4 is 41.3 Å². The number of rotatable bonds is 9. The smallest absolute Gasteiger partial charge is 0.193 e. The molecule has 0 aliphatic carbocycles. The van der Waals surface area contributed by atoms with Crippen LogP contribution in [0.1, 0.15) is 24.1 Å². The molecular formula is C18H32IN3O2S. The Kier molecular flexibility index (Phi) is 12.5. The first kappa shape index (κ1) is 22.7. The molecule has 25 heavy (non-hydrogen) atoms. The Balaban J connectivity index is 0.00000312. The topological polar surface area (TPSA) is 46.1 Å². The maximum Gasteiger partial charge on any atom is 0.193 e. The molecule has 144 valence electrons. The second-order valence-corrected chi connectivity index (χ2v) is 7.24. The summed E-state index contributed by atoms with van der Waals surface area (Å²) in [6.45, 7) is 5.33. The summed E-state index contributed by atoms with van der Waals surface area (Å²) in [7, 11) is 3.93. The fourth-order valence-electron chi connectivity index (χ4n) is 2.76. The minimum atomic E-state index is 0. The molecule has 1 aromatic heterocycles. The van der Waals surface area contributed by atoms with Crippen LogP contribution in [0.5, 0.6) is 0 Å². The van der Waals surface area contributed by atoms with Gasteiger partial charge in [-0.1, -0.05) is 6.07 Å². The number of ether oxygens (including phenoxy) is 2. The molecule has 0 atom stereocenters. The van der Waals surface area contributed by atoms with Crippen molar-refractivity contribution in [1.82, 2.24) is 10.2 Å². The number of hydrogen-bond donors (Lipinski definition) is 1. The van der Waals surface area contributed by atoms with E-state index in [0.717, 1.165) is 71.2 Å². The molecule has 1 saturated heterocycles. The summed E-state index contributed by atoms with van der Waals surface area (Å²) < 4.78 is 11.2. The second-order valence-electron chi connectivity index (χ2n) is 6.21. The van der Waals surface area contributed by atoms with Gasteiger partial charge in [0.25, 0.3) is 0 Å². The van der Waals surface area contributed by atoms with E-state index in [0.29, 0.717) is 5.92 Å². The predicted octanol–water partition coefficient (Wildman–Crippen LogP) is 3.25. The Morgan fingerprint density at radius 2 is 2.24 bits per heavy atom. The molecule has 0 aromatic carbocycles. The molecule has 0 bridgehead atoms. The first-order valence-corrected chi connectivity index (χ1v) is 9.77. The lowest BCUT2D eigenvalue weighted by Gasteiger charge is -2.23. The summed E-state index contributed by atoms with van der Waals surface area (Å²) in [5.74, 6) is 1.64. The van der Waals surface area contributed by atoms with E-state index in [1.807, 2.05) is 18.4 Å². The van der Waals surface area contributed by atoms with Gasteiger partial charge in [-0.2, -0.15) is 0 Å². The zero-order valence-electron chi connectivity index (χ0n) is 15.4. The quantitative estimate of drug-likeness (QED) is 0.255. The van der Waals surface area contributed by atoms with Crippen LogP contribution in [0.2, 0.25) is 0 Å². The Bertz CT molecular complexity index is 465. The van der Waals surface area contributed by atoms with Gasteiger partial charge in [-0.3, -0.25) is 4.99 Å². The molecule has 5 nitrogen and oxygen atoms in total. The summed E-state index contributed by atoms with van der Waals surface area (Å²) >= 11 is 1.81. The summed E-state index contributed by atoms with van der Waals surface area (Å²) in [6.07, 6.45) is 4.34. The number of halogens is 1. The number of aliphatic imine (C=N–C) groups is 1. The Morgan fingerprint density at radius 3 is 2.92 bits per heavy atom. The van der Waals surface area contributed by atoms with E-state index in [9.17, 15) is 0 Å². The monoisotopic (exact) mass is 481 g/mol. The molecule has 1 aliphatic rings. The van der Waals surface area contributed by atoms with Crippen molar-refractivity contribution in [3.8, 4) is 0 Å². The van der Waals surface area contributed by atoms with Crippen molar-refractivity contribution in [2.24, 2.45) is 10.9 Å². The number of guanidine groups is 1. The lowest BCUT2D eigenvalue weighted by Crippen LogP contribution is -2.40. The molecule has 1 aliphatic heterocycles. The predicted molar refractivity (Wildman–Crippen MR) is 116 cm³/mol. The Hall–Kier alpha value is -0.380. The lowest BCUT2D eigenvalue weighted by atomic mass is 10.0. The van der Waals surface area contributed by atoms with Crippen molar-refractivity contribution in [3.05, 3.63) is 22.4 Å². The van der Waals surface area contributed by atoms with E-state index in [1.165, 1.54) is 4.88 Å². The maximum atomic E-state index is 5.80. The number of thiophene rings is 1. The fourth-order valence-corrected chi connectivity index (χ4v) is 3.46. The van der Waals surface area contributed by atoms with E-state index in [4.69, 9.17) is 9.47 Å². The van der Waals surface area contributed by atoms with Crippen molar-refractivity contribution < 1.29 is 9.47 Å². The van der Waals surface area contributed by atoms with Crippen LogP contribution in [0.15, 0.2) is 22.5 Å². The van der Waals surface area contributed by atoms with Crippen molar-refractivity contribution in [1.29, 1.82) is 0 Å². The molecule has 0 saturated carbocycles. The van der Waals surface area contributed by atoms with E-state index in [2.05, 4.69) is 39.8 Å². The highest BCUT2D eigenvalue weighted by Gasteiger charge is 2.13. The van der Waals surface area contributed by atoms with Gasteiger partial charge in [-0.15, -0.1) is 35.3 Å². The molecule has 0 amide bonds. The molecule has 1 N–H and O–H groups in total. The summed E-state index contributed by atoms with van der Waals surface area (Å²) in [5.41, 5.74) is 0. The summed E-state index contributed by atoms with van der Waals surface area (Å²) in [4.78, 5) is 7.96. The normalized spacial score (nSPS) is 15.7.